The van der Waals surface area contributed by atoms with Crippen LogP contribution in [0.2, 0.25) is 0 Å². The van der Waals surface area contributed by atoms with Crippen molar-refractivity contribution in [3.63, 3.8) is 0 Å². The van der Waals surface area contributed by atoms with Crippen LogP contribution in [-0.4, -0.2) is 24.4 Å². The summed E-state index contributed by atoms with van der Waals surface area (Å²) in [5.41, 5.74) is 11.3. The zero-order valence-electron chi connectivity index (χ0n) is 9.10. The molecule has 2 rings (SSSR count). The van der Waals surface area contributed by atoms with Gasteiger partial charge in [-0.05, 0) is 18.3 Å². The van der Waals surface area contributed by atoms with Crippen LogP contribution < -0.4 is 16.1 Å². The zero-order chi connectivity index (χ0) is 11.5. The Hall–Kier alpha value is -1.62. The van der Waals surface area contributed by atoms with Crippen LogP contribution in [0.3, 0.4) is 0 Å². The van der Waals surface area contributed by atoms with Crippen molar-refractivity contribution in [2.45, 2.75) is 6.42 Å². The van der Waals surface area contributed by atoms with E-state index in [4.69, 9.17) is 18.0 Å². The lowest BCUT2D eigenvalue weighted by Gasteiger charge is -2.28. The molecule has 16 heavy (non-hydrogen) atoms. The Morgan fingerprint density at radius 2 is 2.25 bits per heavy atom. The number of thiocarbonyl (C=S) groups is 1. The summed E-state index contributed by atoms with van der Waals surface area (Å²) in [4.78, 5) is 2.22. The lowest BCUT2D eigenvalue weighted by atomic mass is 10.0. The topological polar surface area (TPSA) is 53.6 Å². The number of hydrogen-bond acceptors (Lipinski definition) is 3. The van der Waals surface area contributed by atoms with Crippen molar-refractivity contribution in [3.8, 4) is 0 Å². The van der Waals surface area contributed by atoms with E-state index in [-0.39, 0.29) is 5.11 Å². The van der Waals surface area contributed by atoms with Crippen LogP contribution in [-0.2, 0) is 0 Å². The molecule has 0 atom stereocenters. The van der Waals surface area contributed by atoms with E-state index in [1.54, 1.807) is 0 Å². The van der Waals surface area contributed by atoms with Crippen molar-refractivity contribution in [2.24, 2.45) is 10.8 Å². The highest BCUT2D eigenvalue weighted by Gasteiger charge is 2.18. The Kier molecular flexibility index (Phi) is 3.05. The summed E-state index contributed by atoms with van der Waals surface area (Å²) < 4.78 is 0. The van der Waals surface area contributed by atoms with Crippen molar-refractivity contribution in [2.75, 3.05) is 18.5 Å². The summed E-state index contributed by atoms with van der Waals surface area (Å²) in [5, 5.41) is 4.43. The third-order valence-corrected chi connectivity index (χ3v) is 2.70. The molecule has 0 amide bonds. The van der Waals surface area contributed by atoms with Crippen molar-refractivity contribution >= 4 is 28.7 Å². The summed E-state index contributed by atoms with van der Waals surface area (Å²) >= 11 is 4.73. The number of fused-ring (bicyclic) bond motifs is 1. The maximum atomic E-state index is 5.36. The van der Waals surface area contributed by atoms with Crippen LogP contribution in [0.25, 0.3) is 0 Å². The smallest absolute Gasteiger partial charge is 0.184 e. The number of para-hydroxylation sites is 1. The lowest BCUT2D eigenvalue weighted by molar-refractivity contribution is 0.882. The number of benzene rings is 1. The maximum Gasteiger partial charge on any atom is 0.184 e. The number of anilines is 1. The number of rotatable bonds is 1. The Labute approximate surface area is 100 Å². The predicted octanol–water partition coefficient (Wildman–Crippen LogP) is 1.06. The summed E-state index contributed by atoms with van der Waals surface area (Å²) in [6, 6.07) is 8.18. The summed E-state index contributed by atoms with van der Waals surface area (Å²) in [7, 11) is 2.08. The first kappa shape index (κ1) is 10.9. The molecule has 0 saturated heterocycles. The molecule has 1 aromatic carbocycles. The molecule has 1 heterocycles. The second-order valence-electron chi connectivity index (χ2n) is 3.72. The van der Waals surface area contributed by atoms with E-state index in [0.29, 0.717) is 0 Å². The van der Waals surface area contributed by atoms with Gasteiger partial charge < -0.3 is 10.6 Å². The number of nitrogens with one attached hydrogen (secondary N) is 1. The number of hydrazone groups is 1. The van der Waals surface area contributed by atoms with Gasteiger partial charge in [0.05, 0.1) is 5.71 Å². The normalized spacial score (nSPS) is 17.1. The molecule has 3 N–H and O–H groups in total. The first-order chi connectivity index (χ1) is 7.68. The number of hydrogen-bond donors (Lipinski definition) is 2. The van der Waals surface area contributed by atoms with Crippen molar-refractivity contribution in [1.29, 1.82) is 0 Å². The van der Waals surface area contributed by atoms with Gasteiger partial charge in [-0.3, -0.25) is 5.43 Å². The minimum absolute atomic E-state index is 0.198. The number of nitrogens with zero attached hydrogens (tertiary/aromatic N) is 2. The van der Waals surface area contributed by atoms with Gasteiger partial charge in [-0.1, -0.05) is 18.2 Å². The van der Waals surface area contributed by atoms with Crippen LogP contribution >= 0.6 is 12.2 Å². The molecule has 84 valence electrons. The van der Waals surface area contributed by atoms with E-state index in [1.807, 2.05) is 12.1 Å². The van der Waals surface area contributed by atoms with Gasteiger partial charge in [-0.25, -0.2) is 0 Å². The second kappa shape index (κ2) is 4.49. The van der Waals surface area contributed by atoms with E-state index < -0.39 is 0 Å². The molecule has 4 nitrogen and oxygen atoms in total. The minimum atomic E-state index is 0.198. The predicted molar refractivity (Wildman–Crippen MR) is 70.8 cm³/mol. The Morgan fingerprint density at radius 3 is 3.00 bits per heavy atom. The van der Waals surface area contributed by atoms with E-state index in [1.165, 1.54) is 5.69 Å². The third kappa shape index (κ3) is 2.14. The van der Waals surface area contributed by atoms with Crippen LogP contribution in [0.4, 0.5) is 5.69 Å². The van der Waals surface area contributed by atoms with E-state index in [0.717, 1.165) is 24.2 Å². The van der Waals surface area contributed by atoms with Crippen LogP contribution in [0.15, 0.2) is 29.4 Å². The molecule has 0 aromatic heterocycles. The average molecular weight is 234 g/mol. The Morgan fingerprint density at radius 1 is 1.50 bits per heavy atom. The van der Waals surface area contributed by atoms with Crippen molar-refractivity contribution in [1.82, 2.24) is 5.43 Å². The van der Waals surface area contributed by atoms with Gasteiger partial charge in [0.15, 0.2) is 5.11 Å². The summed E-state index contributed by atoms with van der Waals surface area (Å²) in [6.45, 7) is 0.953. The third-order valence-electron chi connectivity index (χ3n) is 2.61. The van der Waals surface area contributed by atoms with Crippen LogP contribution in [0.1, 0.15) is 12.0 Å². The quantitative estimate of drug-likeness (QED) is 0.563. The monoisotopic (exact) mass is 234 g/mol. The van der Waals surface area contributed by atoms with Crippen LogP contribution in [0.5, 0.6) is 0 Å². The van der Waals surface area contributed by atoms with Gasteiger partial charge in [-0.2, -0.15) is 5.10 Å². The maximum absolute atomic E-state index is 5.36. The fraction of sp³-hybridized carbons (Fsp3) is 0.273. The zero-order valence-corrected chi connectivity index (χ0v) is 9.92. The summed E-state index contributed by atoms with van der Waals surface area (Å²) in [6.07, 6.45) is 0.892. The largest absolute Gasteiger partial charge is 0.375 e. The van der Waals surface area contributed by atoms with Gasteiger partial charge in [0.2, 0.25) is 0 Å². The molecule has 0 bridgehead atoms. The molecule has 0 fully saturated rings. The molecule has 1 aliphatic heterocycles. The molecule has 0 unspecified atom stereocenters. The summed E-state index contributed by atoms with van der Waals surface area (Å²) in [5.74, 6) is 0. The van der Waals surface area contributed by atoms with Gasteiger partial charge in [0, 0.05) is 31.3 Å². The fourth-order valence-corrected chi connectivity index (χ4v) is 1.86. The van der Waals surface area contributed by atoms with E-state index in [9.17, 15) is 0 Å². The molecule has 1 aliphatic rings. The Balaban J connectivity index is 2.34. The van der Waals surface area contributed by atoms with Gasteiger partial charge >= 0.3 is 0 Å². The van der Waals surface area contributed by atoms with Gasteiger partial charge in [-0.15, -0.1) is 0 Å². The standard InChI is InChI=1S/C11H14N4S/c1-15-7-6-9(13-14-11(12)16)8-4-2-3-5-10(8)15/h2-5H,6-7H2,1H3,(H3,12,14,16). The minimum Gasteiger partial charge on any atom is -0.375 e. The molecule has 1 aromatic rings. The molecular weight excluding hydrogens is 220 g/mol. The van der Waals surface area contributed by atoms with Crippen LogP contribution in [0, 0.1) is 0 Å². The second-order valence-corrected chi connectivity index (χ2v) is 4.16. The molecule has 5 heteroatoms. The highest BCUT2D eigenvalue weighted by Crippen LogP contribution is 2.25. The molecule has 0 spiro atoms. The number of nitrogens with two attached hydrogens (primary N) is 1. The van der Waals surface area contributed by atoms with Gasteiger partial charge in [0.1, 0.15) is 0 Å². The fourth-order valence-electron chi connectivity index (χ4n) is 1.82. The van der Waals surface area contributed by atoms with Crippen molar-refractivity contribution in [3.05, 3.63) is 29.8 Å². The lowest BCUT2D eigenvalue weighted by Crippen LogP contribution is -2.31. The molecule has 0 aliphatic carbocycles. The van der Waals surface area contributed by atoms with Crippen molar-refractivity contribution < 1.29 is 0 Å². The molecule has 0 radical (unpaired) electrons. The van der Waals surface area contributed by atoms with E-state index in [2.05, 4.69) is 34.6 Å². The van der Waals surface area contributed by atoms with Gasteiger partial charge in [0.25, 0.3) is 0 Å². The molecule has 0 saturated carbocycles. The highest BCUT2D eigenvalue weighted by molar-refractivity contribution is 7.80. The highest BCUT2D eigenvalue weighted by atomic mass is 32.1. The molecular formula is C11H14N4S. The SMILES string of the molecule is CN1CCC(=NNC(N)=S)c2ccccc21. The Bertz CT molecular complexity index is 441. The first-order valence-electron chi connectivity index (χ1n) is 5.11. The van der Waals surface area contributed by atoms with E-state index >= 15 is 0 Å². The average Bonchev–Trinajstić information content (AvgIpc) is 2.28. The first-order valence-corrected chi connectivity index (χ1v) is 5.52.